The largest absolute Gasteiger partial charge is 0.351 e. The van der Waals surface area contributed by atoms with Crippen LogP contribution in [0.4, 0.5) is 14.9 Å². The molecule has 1 atom stereocenters. The highest BCUT2D eigenvalue weighted by Gasteiger charge is 2.15. The van der Waals surface area contributed by atoms with Gasteiger partial charge in [-0.2, -0.15) is 0 Å². The van der Waals surface area contributed by atoms with Crippen LogP contribution in [0.2, 0.25) is 0 Å². The van der Waals surface area contributed by atoms with Crippen LogP contribution in [-0.4, -0.2) is 11.9 Å². The van der Waals surface area contributed by atoms with E-state index in [0.29, 0.717) is 10.2 Å². The molecule has 0 saturated carbocycles. The molecule has 0 bridgehead atoms. The Balaban J connectivity index is 2.09. The molecule has 120 valence electrons. The highest BCUT2D eigenvalue weighted by Crippen LogP contribution is 2.19. The second-order valence-electron chi connectivity index (χ2n) is 4.93. The maximum absolute atomic E-state index is 13.7. The summed E-state index contributed by atoms with van der Waals surface area (Å²) < 4.78 is 14.3. The van der Waals surface area contributed by atoms with Crippen LogP contribution < -0.4 is 16.4 Å². The molecule has 0 heterocycles. The number of anilines is 1. The van der Waals surface area contributed by atoms with Crippen LogP contribution in [0.15, 0.2) is 46.9 Å². The molecular formula is C16H15BrFN3O2. The lowest BCUT2D eigenvalue weighted by Gasteiger charge is -2.15. The first-order chi connectivity index (χ1) is 10.9. The lowest BCUT2D eigenvalue weighted by Crippen LogP contribution is -2.27. The topological polar surface area (TPSA) is 84.2 Å². The van der Waals surface area contributed by atoms with Crippen molar-refractivity contribution in [2.75, 3.05) is 5.32 Å². The quantitative estimate of drug-likeness (QED) is 0.758. The van der Waals surface area contributed by atoms with Crippen LogP contribution in [0, 0.1) is 5.82 Å². The van der Waals surface area contributed by atoms with Gasteiger partial charge in [0.15, 0.2) is 0 Å². The summed E-state index contributed by atoms with van der Waals surface area (Å²) in [5, 5.41) is 5.18. The predicted molar refractivity (Wildman–Crippen MR) is 89.6 cm³/mol. The van der Waals surface area contributed by atoms with Crippen molar-refractivity contribution in [3.05, 3.63) is 63.9 Å². The van der Waals surface area contributed by atoms with Crippen molar-refractivity contribution >= 4 is 33.6 Å². The molecule has 0 aliphatic rings. The van der Waals surface area contributed by atoms with Crippen molar-refractivity contribution in [3.8, 4) is 0 Å². The van der Waals surface area contributed by atoms with E-state index in [1.54, 1.807) is 31.2 Å². The van der Waals surface area contributed by atoms with E-state index in [4.69, 9.17) is 5.73 Å². The Labute approximate surface area is 141 Å². The Hall–Kier alpha value is -2.41. The van der Waals surface area contributed by atoms with Gasteiger partial charge in [0.1, 0.15) is 5.82 Å². The minimum absolute atomic E-state index is 0.0294. The van der Waals surface area contributed by atoms with Gasteiger partial charge in [0.25, 0.3) is 5.91 Å². The van der Waals surface area contributed by atoms with E-state index in [2.05, 4.69) is 26.6 Å². The smallest absolute Gasteiger partial charge is 0.316 e. The fourth-order valence-corrected chi connectivity index (χ4v) is 2.39. The monoisotopic (exact) mass is 379 g/mol. The Morgan fingerprint density at radius 1 is 1.17 bits per heavy atom. The van der Waals surface area contributed by atoms with Gasteiger partial charge < -0.3 is 16.4 Å². The first-order valence-electron chi connectivity index (χ1n) is 6.79. The maximum Gasteiger partial charge on any atom is 0.316 e. The summed E-state index contributed by atoms with van der Waals surface area (Å²) in [5.74, 6) is -1.09. The zero-order valence-electron chi connectivity index (χ0n) is 12.3. The zero-order chi connectivity index (χ0) is 17.0. The molecule has 0 saturated heterocycles. The third kappa shape index (κ3) is 4.53. The molecule has 4 N–H and O–H groups in total. The third-order valence-corrected chi connectivity index (χ3v) is 3.69. The second kappa shape index (κ2) is 7.23. The zero-order valence-corrected chi connectivity index (χ0v) is 13.9. The number of urea groups is 1. The van der Waals surface area contributed by atoms with Gasteiger partial charge in [-0.05, 0) is 42.8 Å². The van der Waals surface area contributed by atoms with Gasteiger partial charge in [0.2, 0.25) is 0 Å². The summed E-state index contributed by atoms with van der Waals surface area (Å²) in [6.45, 7) is 1.78. The van der Waals surface area contributed by atoms with Gasteiger partial charge in [-0.25, -0.2) is 9.18 Å². The molecule has 2 aromatic rings. The summed E-state index contributed by atoms with van der Waals surface area (Å²) in [5.41, 5.74) is 6.37. The SMILES string of the molecule is C[C@H](NC(=O)c1cc(Br)ccc1F)c1ccc(NC(N)=O)cc1. The fraction of sp³-hybridized carbons (Fsp3) is 0.125. The van der Waals surface area contributed by atoms with E-state index < -0.39 is 17.8 Å². The molecule has 0 fully saturated rings. The van der Waals surface area contributed by atoms with E-state index in [1.807, 2.05) is 0 Å². The van der Waals surface area contributed by atoms with E-state index in [1.165, 1.54) is 18.2 Å². The molecule has 0 unspecified atom stereocenters. The van der Waals surface area contributed by atoms with E-state index >= 15 is 0 Å². The Bertz CT molecular complexity index is 735. The molecule has 23 heavy (non-hydrogen) atoms. The van der Waals surface area contributed by atoms with Crippen molar-refractivity contribution in [1.82, 2.24) is 5.32 Å². The molecule has 0 aromatic heterocycles. The highest BCUT2D eigenvalue weighted by molar-refractivity contribution is 9.10. The standard InChI is InChI=1S/C16H15BrFN3O2/c1-9(10-2-5-12(6-3-10)21-16(19)23)20-15(22)13-8-11(17)4-7-14(13)18/h2-9H,1H3,(H,20,22)(H3,19,21,23)/t9-/m0/s1. The summed E-state index contributed by atoms with van der Waals surface area (Å²) in [6, 6.07) is 10.0. The Morgan fingerprint density at radius 3 is 2.43 bits per heavy atom. The number of hydrogen-bond acceptors (Lipinski definition) is 2. The number of rotatable bonds is 4. The normalized spacial score (nSPS) is 11.6. The number of nitrogens with two attached hydrogens (primary N) is 1. The summed E-state index contributed by atoms with van der Waals surface area (Å²) in [6.07, 6.45) is 0. The summed E-state index contributed by atoms with van der Waals surface area (Å²) in [7, 11) is 0. The van der Waals surface area contributed by atoms with Gasteiger partial charge in [-0.15, -0.1) is 0 Å². The molecule has 0 aliphatic carbocycles. The average Bonchev–Trinajstić information content (AvgIpc) is 2.49. The average molecular weight is 380 g/mol. The third-order valence-electron chi connectivity index (χ3n) is 3.20. The first kappa shape index (κ1) is 17.0. The van der Waals surface area contributed by atoms with Crippen molar-refractivity contribution in [2.24, 2.45) is 5.73 Å². The number of carbonyl (C=O) groups excluding carboxylic acids is 2. The minimum atomic E-state index is -0.649. The van der Waals surface area contributed by atoms with Gasteiger partial charge in [0, 0.05) is 10.2 Å². The fourth-order valence-electron chi connectivity index (χ4n) is 2.03. The molecule has 0 radical (unpaired) electrons. The van der Waals surface area contributed by atoms with Gasteiger partial charge >= 0.3 is 6.03 Å². The van der Waals surface area contributed by atoms with Gasteiger partial charge in [-0.1, -0.05) is 28.1 Å². The Kier molecular flexibility index (Phi) is 5.33. The van der Waals surface area contributed by atoms with Crippen molar-refractivity contribution in [3.63, 3.8) is 0 Å². The molecule has 5 nitrogen and oxygen atoms in total. The van der Waals surface area contributed by atoms with E-state index in [-0.39, 0.29) is 11.6 Å². The molecule has 2 rings (SSSR count). The lowest BCUT2D eigenvalue weighted by molar-refractivity contribution is 0.0935. The number of primary amides is 1. The maximum atomic E-state index is 13.7. The van der Waals surface area contributed by atoms with Gasteiger partial charge in [0.05, 0.1) is 11.6 Å². The second-order valence-corrected chi connectivity index (χ2v) is 5.85. The summed E-state index contributed by atoms with van der Waals surface area (Å²) in [4.78, 5) is 22.9. The molecule has 7 heteroatoms. The minimum Gasteiger partial charge on any atom is -0.351 e. The number of hydrogen-bond donors (Lipinski definition) is 3. The van der Waals surface area contributed by atoms with Crippen LogP contribution in [-0.2, 0) is 0 Å². The van der Waals surface area contributed by atoms with Crippen molar-refractivity contribution < 1.29 is 14.0 Å². The highest BCUT2D eigenvalue weighted by atomic mass is 79.9. The molecule has 0 spiro atoms. The van der Waals surface area contributed by atoms with Crippen LogP contribution in [0.3, 0.4) is 0 Å². The number of benzene rings is 2. The summed E-state index contributed by atoms with van der Waals surface area (Å²) >= 11 is 3.21. The Morgan fingerprint density at radius 2 is 1.83 bits per heavy atom. The molecule has 0 aliphatic heterocycles. The number of carbonyl (C=O) groups is 2. The van der Waals surface area contributed by atoms with Crippen LogP contribution >= 0.6 is 15.9 Å². The van der Waals surface area contributed by atoms with Crippen LogP contribution in [0.1, 0.15) is 28.9 Å². The van der Waals surface area contributed by atoms with Gasteiger partial charge in [-0.3, -0.25) is 4.79 Å². The van der Waals surface area contributed by atoms with Crippen molar-refractivity contribution in [1.29, 1.82) is 0 Å². The van der Waals surface area contributed by atoms with Crippen LogP contribution in [0.5, 0.6) is 0 Å². The first-order valence-corrected chi connectivity index (χ1v) is 7.58. The van der Waals surface area contributed by atoms with Crippen LogP contribution in [0.25, 0.3) is 0 Å². The van der Waals surface area contributed by atoms with Crippen molar-refractivity contribution in [2.45, 2.75) is 13.0 Å². The number of halogens is 2. The molecular weight excluding hydrogens is 365 g/mol. The molecule has 3 amide bonds. The molecule has 2 aromatic carbocycles. The van der Waals surface area contributed by atoms with E-state index in [9.17, 15) is 14.0 Å². The number of amides is 3. The lowest BCUT2D eigenvalue weighted by atomic mass is 10.1. The number of nitrogens with one attached hydrogen (secondary N) is 2. The van der Waals surface area contributed by atoms with E-state index in [0.717, 1.165) is 5.56 Å². The predicted octanol–water partition coefficient (Wildman–Crippen LogP) is 3.57.